The molecule has 0 atom stereocenters. The average molecular weight is 349 g/mol. The Balaban J connectivity index is 1.79. The number of aliphatic carboxylic acids is 1. The predicted octanol–water partition coefficient (Wildman–Crippen LogP) is 4.36. The molecule has 0 bridgehead atoms. The van der Waals surface area contributed by atoms with E-state index in [0.717, 1.165) is 32.9 Å². The first kappa shape index (κ1) is 15.8. The van der Waals surface area contributed by atoms with Gasteiger partial charge in [0, 0.05) is 15.9 Å². The molecule has 0 unspecified atom stereocenters. The van der Waals surface area contributed by atoms with E-state index in [0.29, 0.717) is 18.2 Å². The predicted molar refractivity (Wildman–Crippen MR) is 89.7 cm³/mol. The molecule has 0 spiro atoms. The fourth-order valence-corrected chi connectivity index (χ4v) is 3.24. The van der Waals surface area contributed by atoms with E-state index in [4.69, 9.17) is 26.2 Å². The molecule has 0 aromatic heterocycles. The van der Waals surface area contributed by atoms with Crippen LogP contribution in [-0.4, -0.2) is 24.3 Å². The monoisotopic (exact) mass is 348 g/mol. The van der Waals surface area contributed by atoms with Gasteiger partial charge in [-0.2, -0.15) is 0 Å². The number of hydrogen-bond donors (Lipinski definition) is 1. The maximum absolute atomic E-state index is 10.5. The van der Waals surface area contributed by atoms with Crippen molar-refractivity contribution in [2.24, 2.45) is 0 Å². The highest BCUT2D eigenvalue weighted by molar-refractivity contribution is 7.99. The van der Waals surface area contributed by atoms with Gasteiger partial charge < -0.3 is 14.6 Å². The molecule has 118 valence electrons. The summed E-state index contributed by atoms with van der Waals surface area (Å²) in [6.45, 7) is 1.11. The second-order valence-corrected chi connectivity index (χ2v) is 6.29. The lowest BCUT2D eigenvalue weighted by atomic mass is 10.2. The molecule has 0 fully saturated rings. The van der Waals surface area contributed by atoms with Crippen LogP contribution in [0.25, 0.3) is 6.08 Å². The van der Waals surface area contributed by atoms with Crippen LogP contribution in [0, 0.1) is 0 Å². The van der Waals surface area contributed by atoms with Crippen molar-refractivity contribution in [2.75, 3.05) is 13.2 Å². The van der Waals surface area contributed by atoms with Gasteiger partial charge >= 0.3 is 5.97 Å². The highest BCUT2D eigenvalue weighted by atomic mass is 35.5. The summed E-state index contributed by atoms with van der Waals surface area (Å²) in [6, 6.07) is 11.2. The first-order valence-electron chi connectivity index (χ1n) is 6.90. The minimum Gasteiger partial charge on any atom is -0.486 e. The molecule has 6 heteroatoms. The number of ether oxygens (including phenoxy) is 2. The molecule has 0 aliphatic carbocycles. The summed E-state index contributed by atoms with van der Waals surface area (Å²) in [7, 11) is 0. The average Bonchev–Trinajstić information content (AvgIpc) is 2.55. The zero-order valence-corrected chi connectivity index (χ0v) is 13.6. The zero-order chi connectivity index (χ0) is 16.2. The van der Waals surface area contributed by atoms with Crippen LogP contribution in [0.5, 0.6) is 11.5 Å². The van der Waals surface area contributed by atoms with Gasteiger partial charge in [-0.3, -0.25) is 0 Å². The first-order valence-corrected chi connectivity index (χ1v) is 8.09. The minimum absolute atomic E-state index is 0.548. The van der Waals surface area contributed by atoms with Crippen molar-refractivity contribution in [3.8, 4) is 11.5 Å². The minimum atomic E-state index is -0.990. The van der Waals surface area contributed by atoms with E-state index in [-0.39, 0.29) is 0 Å². The maximum Gasteiger partial charge on any atom is 0.328 e. The maximum atomic E-state index is 10.5. The number of fused-ring (bicyclic) bond motifs is 1. The summed E-state index contributed by atoms with van der Waals surface area (Å²) >= 11 is 7.79. The summed E-state index contributed by atoms with van der Waals surface area (Å²) in [4.78, 5) is 12.4. The van der Waals surface area contributed by atoms with Gasteiger partial charge in [0.05, 0.1) is 5.02 Å². The van der Waals surface area contributed by atoms with Crippen molar-refractivity contribution in [3.63, 3.8) is 0 Å². The number of carboxylic acid groups (broad SMARTS) is 1. The molecule has 1 aliphatic rings. The zero-order valence-electron chi connectivity index (χ0n) is 12.0. The first-order chi connectivity index (χ1) is 11.1. The van der Waals surface area contributed by atoms with Gasteiger partial charge in [0.1, 0.15) is 13.2 Å². The Morgan fingerprint density at radius 1 is 1.13 bits per heavy atom. The number of carboxylic acids is 1. The van der Waals surface area contributed by atoms with Crippen molar-refractivity contribution in [1.29, 1.82) is 0 Å². The fourth-order valence-electron chi connectivity index (χ4n) is 2.09. The SMILES string of the molecule is O=C(O)C=Cc1ccc(Sc2ccc3c(c2)OCCO3)c(Cl)c1. The van der Waals surface area contributed by atoms with Crippen molar-refractivity contribution >= 4 is 35.4 Å². The summed E-state index contributed by atoms with van der Waals surface area (Å²) in [6.07, 6.45) is 2.59. The van der Waals surface area contributed by atoms with Crippen LogP contribution in [0.1, 0.15) is 5.56 Å². The normalized spacial score (nSPS) is 13.3. The van der Waals surface area contributed by atoms with Gasteiger partial charge in [-0.1, -0.05) is 29.4 Å². The number of hydrogen-bond acceptors (Lipinski definition) is 4. The standard InChI is InChI=1S/C17H13ClO4S/c18-13-9-11(2-6-17(19)20)1-5-16(13)23-12-3-4-14-15(10-12)22-8-7-21-14/h1-6,9-10H,7-8H2,(H,19,20). The van der Waals surface area contributed by atoms with Gasteiger partial charge in [0.25, 0.3) is 0 Å². The van der Waals surface area contributed by atoms with Crippen LogP contribution in [0.2, 0.25) is 5.02 Å². The largest absolute Gasteiger partial charge is 0.486 e. The van der Waals surface area contributed by atoms with E-state index in [1.807, 2.05) is 30.3 Å². The van der Waals surface area contributed by atoms with E-state index < -0.39 is 5.97 Å². The summed E-state index contributed by atoms with van der Waals surface area (Å²) in [5.41, 5.74) is 0.740. The highest BCUT2D eigenvalue weighted by Gasteiger charge is 2.13. The molecule has 1 aliphatic heterocycles. The lowest BCUT2D eigenvalue weighted by Crippen LogP contribution is -2.15. The van der Waals surface area contributed by atoms with E-state index in [9.17, 15) is 4.79 Å². The van der Waals surface area contributed by atoms with Crippen LogP contribution < -0.4 is 9.47 Å². The number of halogens is 1. The Labute approximate surface area is 142 Å². The number of rotatable bonds is 4. The molecule has 3 rings (SSSR count). The Kier molecular flexibility index (Phi) is 4.79. The second kappa shape index (κ2) is 6.98. The van der Waals surface area contributed by atoms with Crippen LogP contribution in [0.4, 0.5) is 0 Å². The second-order valence-electron chi connectivity index (χ2n) is 4.77. The summed E-state index contributed by atoms with van der Waals surface area (Å²) < 4.78 is 11.1. The Bertz CT molecular complexity index is 773. The topological polar surface area (TPSA) is 55.8 Å². The molecule has 1 N–H and O–H groups in total. The van der Waals surface area contributed by atoms with Crippen LogP contribution in [-0.2, 0) is 4.79 Å². The third-order valence-electron chi connectivity index (χ3n) is 3.12. The fraction of sp³-hybridized carbons (Fsp3) is 0.118. The van der Waals surface area contributed by atoms with Crippen molar-refractivity contribution in [1.82, 2.24) is 0 Å². The summed E-state index contributed by atoms with van der Waals surface area (Å²) in [5, 5.41) is 9.21. The van der Waals surface area contributed by atoms with Crippen LogP contribution in [0.15, 0.2) is 52.3 Å². The highest BCUT2D eigenvalue weighted by Crippen LogP contribution is 2.39. The molecular weight excluding hydrogens is 336 g/mol. The molecule has 0 amide bonds. The van der Waals surface area contributed by atoms with Crippen molar-refractivity contribution in [2.45, 2.75) is 9.79 Å². The van der Waals surface area contributed by atoms with E-state index in [1.54, 1.807) is 6.07 Å². The molecule has 4 nitrogen and oxygen atoms in total. The summed E-state index contributed by atoms with van der Waals surface area (Å²) in [5.74, 6) is 0.495. The Hall–Kier alpha value is -2.11. The molecule has 2 aromatic carbocycles. The van der Waals surface area contributed by atoms with Crippen molar-refractivity contribution < 1.29 is 19.4 Å². The molecule has 23 heavy (non-hydrogen) atoms. The number of benzene rings is 2. The smallest absolute Gasteiger partial charge is 0.328 e. The van der Waals surface area contributed by atoms with E-state index >= 15 is 0 Å². The van der Waals surface area contributed by atoms with Gasteiger partial charge in [-0.15, -0.1) is 0 Å². The molecular formula is C17H13ClO4S. The Morgan fingerprint density at radius 3 is 2.65 bits per heavy atom. The van der Waals surface area contributed by atoms with Gasteiger partial charge in [-0.25, -0.2) is 4.79 Å². The molecule has 2 aromatic rings. The lowest BCUT2D eigenvalue weighted by Gasteiger charge is -2.18. The van der Waals surface area contributed by atoms with Gasteiger partial charge in [-0.05, 0) is 42.0 Å². The quantitative estimate of drug-likeness (QED) is 0.832. The van der Waals surface area contributed by atoms with Crippen molar-refractivity contribution in [3.05, 3.63) is 53.1 Å². The third kappa shape index (κ3) is 4.00. The van der Waals surface area contributed by atoms with Gasteiger partial charge in [0.2, 0.25) is 0 Å². The molecule has 1 heterocycles. The molecule has 0 radical (unpaired) electrons. The van der Waals surface area contributed by atoms with E-state index in [1.165, 1.54) is 17.8 Å². The Morgan fingerprint density at radius 2 is 1.91 bits per heavy atom. The molecule has 0 saturated carbocycles. The number of carbonyl (C=O) groups is 1. The van der Waals surface area contributed by atoms with E-state index in [2.05, 4.69) is 0 Å². The third-order valence-corrected chi connectivity index (χ3v) is 4.61. The van der Waals surface area contributed by atoms with Crippen LogP contribution in [0.3, 0.4) is 0 Å². The van der Waals surface area contributed by atoms with Crippen LogP contribution >= 0.6 is 23.4 Å². The molecule has 0 saturated heterocycles. The van der Waals surface area contributed by atoms with Gasteiger partial charge in [0.15, 0.2) is 11.5 Å². The lowest BCUT2D eigenvalue weighted by molar-refractivity contribution is -0.131.